The minimum absolute atomic E-state index is 0.0698. The number of halogens is 3. The van der Waals surface area contributed by atoms with E-state index in [1.807, 2.05) is 0 Å². The first-order valence-electron chi connectivity index (χ1n) is 6.43. The van der Waals surface area contributed by atoms with Crippen LogP contribution in [0.2, 0.25) is 0 Å². The number of nitrogens with one attached hydrogen (secondary N) is 1. The molecule has 1 heterocycles. The zero-order chi connectivity index (χ0) is 17.3. The molecule has 0 saturated carbocycles. The lowest BCUT2D eigenvalue weighted by molar-refractivity contribution is -0.137. The van der Waals surface area contributed by atoms with Crippen LogP contribution < -0.4 is 4.72 Å². The second-order valence-corrected chi connectivity index (χ2v) is 6.60. The topological polar surface area (TPSA) is 84.2 Å². The van der Waals surface area contributed by atoms with Crippen LogP contribution in [-0.2, 0) is 23.2 Å². The van der Waals surface area contributed by atoms with Crippen molar-refractivity contribution in [1.82, 2.24) is 14.5 Å². The molecule has 0 fully saturated rings. The number of aliphatic hydroxyl groups excluding tert-OH is 1. The summed E-state index contributed by atoms with van der Waals surface area (Å²) in [7, 11) is -2.30. The molecule has 2 rings (SSSR count). The van der Waals surface area contributed by atoms with Crippen molar-refractivity contribution in [3.63, 3.8) is 0 Å². The molecule has 0 spiro atoms. The molecule has 0 saturated heterocycles. The van der Waals surface area contributed by atoms with Crippen molar-refractivity contribution in [3.8, 4) is 0 Å². The van der Waals surface area contributed by atoms with Gasteiger partial charge >= 0.3 is 6.18 Å². The highest BCUT2D eigenvalue weighted by molar-refractivity contribution is 7.89. The molecule has 1 aromatic carbocycles. The van der Waals surface area contributed by atoms with Gasteiger partial charge in [0.15, 0.2) is 0 Å². The van der Waals surface area contributed by atoms with Gasteiger partial charge in [0.05, 0.1) is 17.9 Å². The monoisotopic (exact) mass is 349 g/mol. The Labute approximate surface area is 130 Å². The summed E-state index contributed by atoms with van der Waals surface area (Å²) in [5, 5.41) is 13.6. The van der Waals surface area contributed by atoms with Crippen molar-refractivity contribution in [2.75, 3.05) is 6.54 Å². The largest absolute Gasteiger partial charge is 0.416 e. The van der Waals surface area contributed by atoms with E-state index < -0.39 is 27.9 Å². The van der Waals surface area contributed by atoms with Crippen LogP contribution in [0, 0.1) is 0 Å². The summed E-state index contributed by atoms with van der Waals surface area (Å²) in [6.07, 6.45) is -3.31. The maximum absolute atomic E-state index is 12.5. The van der Waals surface area contributed by atoms with Gasteiger partial charge < -0.3 is 5.11 Å². The summed E-state index contributed by atoms with van der Waals surface area (Å²) in [5.41, 5.74) is -0.670. The Kier molecular flexibility index (Phi) is 4.78. The maximum Gasteiger partial charge on any atom is 0.416 e. The lowest BCUT2D eigenvalue weighted by atomic mass is 10.1. The van der Waals surface area contributed by atoms with E-state index in [-0.39, 0.29) is 17.0 Å². The Morgan fingerprint density at radius 2 is 1.91 bits per heavy atom. The zero-order valence-corrected chi connectivity index (χ0v) is 12.8. The third kappa shape index (κ3) is 4.30. The van der Waals surface area contributed by atoms with Crippen molar-refractivity contribution in [1.29, 1.82) is 0 Å². The Morgan fingerprint density at radius 1 is 1.30 bits per heavy atom. The fourth-order valence-electron chi connectivity index (χ4n) is 1.82. The molecular formula is C13H14F3N3O3S. The number of aryl methyl sites for hydroxylation is 1. The lowest BCUT2D eigenvalue weighted by Gasteiger charge is -2.13. The first-order chi connectivity index (χ1) is 10.6. The molecule has 2 aromatic rings. The third-order valence-electron chi connectivity index (χ3n) is 3.08. The minimum Gasteiger partial charge on any atom is -0.387 e. The Hall–Kier alpha value is -1.91. The van der Waals surface area contributed by atoms with Crippen LogP contribution in [0.25, 0.3) is 0 Å². The average Bonchev–Trinajstić information content (AvgIpc) is 2.91. The molecule has 0 aliphatic carbocycles. The number of aliphatic hydroxyl groups is 1. The number of nitrogens with zero attached hydrogens (tertiary/aromatic N) is 2. The van der Waals surface area contributed by atoms with Gasteiger partial charge in [-0.3, -0.25) is 4.68 Å². The SMILES string of the molecule is Cn1cc(S(=O)(=O)NC[C@H](O)c2ccc(C(F)(F)F)cc2)cn1. The molecular weight excluding hydrogens is 335 g/mol. The number of rotatable bonds is 5. The summed E-state index contributed by atoms with van der Waals surface area (Å²) >= 11 is 0. The number of benzene rings is 1. The summed E-state index contributed by atoms with van der Waals surface area (Å²) < 4.78 is 64.7. The van der Waals surface area contributed by atoms with E-state index in [2.05, 4.69) is 9.82 Å². The van der Waals surface area contributed by atoms with Gasteiger partial charge in [-0.1, -0.05) is 12.1 Å². The summed E-state index contributed by atoms with van der Waals surface area (Å²) in [6, 6.07) is 3.86. The highest BCUT2D eigenvalue weighted by Crippen LogP contribution is 2.29. The van der Waals surface area contributed by atoms with Gasteiger partial charge in [0.2, 0.25) is 10.0 Å². The quantitative estimate of drug-likeness (QED) is 0.856. The summed E-state index contributed by atoms with van der Waals surface area (Å²) in [6.45, 7) is -0.372. The predicted octanol–water partition coefficient (Wildman–Crippen LogP) is 1.45. The summed E-state index contributed by atoms with van der Waals surface area (Å²) in [4.78, 5) is -0.0698. The Morgan fingerprint density at radius 3 is 2.39 bits per heavy atom. The molecule has 23 heavy (non-hydrogen) atoms. The second-order valence-electron chi connectivity index (χ2n) is 4.84. The molecule has 2 N–H and O–H groups in total. The average molecular weight is 349 g/mol. The molecule has 0 amide bonds. The maximum atomic E-state index is 12.5. The first-order valence-corrected chi connectivity index (χ1v) is 7.91. The van der Waals surface area contributed by atoms with Gasteiger partial charge in [-0.05, 0) is 17.7 Å². The van der Waals surface area contributed by atoms with Gasteiger partial charge in [0.25, 0.3) is 0 Å². The highest BCUT2D eigenvalue weighted by Gasteiger charge is 2.30. The van der Waals surface area contributed by atoms with E-state index in [9.17, 15) is 26.7 Å². The molecule has 126 valence electrons. The number of alkyl halides is 3. The molecule has 0 unspecified atom stereocenters. The molecule has 0 radical (unpaired) electrons. The number of aromatic nitrogens is 2. The van der Waals surface area contributed by atoms with Gasteiger partial charge in [-0.25, -0.2) is 13.1 Å². The highest BCUT2D eigenvalue weighted by atomic mass is 32.2. The standard InChI is InChI=1S/C13H14F3N3O3S/c1-19-8-11(6-17-19)23(21,22)18-7-12(20)9-2-4-10(5-3-9)13(14,15)16/h2-6,8,12,18,20H,7H2,1H3/t12-/m0/s1. The number of sulfonamides is 1. The van der Waals surface area contributed by atoms with Crippen molar-refractivity contribution < 1.29 is 26.7 Å². The van der Waals surface area contributed by atoms with Crippen LogP contribution in [0.1, 0.15) is 17.2 Å². The van der Waals surface area contributed by atoms with E-state index in [1.54, 1.807) is 7.05 Å². The molecule has 10 heteroatoms. The normalized spacial score (nSPS) is 14.0. The lowest BCUT2D eigenvalue weighted by Crippen LogP contribution is -2.28. The summed E-state index contributed by atoms with van der Waals surface area (Å²) in [5.74, 6) is 0. The first kappa shape index (κ1) is 17.4. The van der Waals surface area contributed by atoms with Crippen molar-refractivity contribution in [2.45, 2.75) is 17.2 Å². The Bertz CT molecular complexity index is 770. The van der Waals surface area contributed by atoms with Crippen molar-refractivity contribution in [3.05, 3.63) is 47.8 Å². The van der Waals surface area contributed by atoms with Gasteiger partial charge in [0, 0.05) is 19.8 Å². The number of hydrogen-bond donors (Lipinski definition) is 2. The Balaban J connectivity index is 2.03. The van der Waals surface area contributed by atoms with Gasteiger partial charge in [0.1, 0.15) is 4.90 Å². The van der Waals surface area contributed by atoms with E-state index in [4.69, 9.17) is 0 Å². The van der Waals surface area contributed by atoms with E-state index in [0.717, 1.165) is 30.5 Å². The number of hydrogen-bond acceptors (Lipinski definition) is 4. The van der Waals surface area contributed by atoms with E-state index >= 15 is 0 Å². The fraction of sp³-hybridized carbons (Fsp3) is 0.308. The minimum atomic E-state index is -4.47. The van der Waals surface area contributed by atoms with E-state index in [0.29, 0.717) is 0 Å². The van der Waals surface area contributed by atoms with Crippen LogP contribution in [0.5, 0.6) is 0 Å². The van der Waals surface area contributed by atoms with Crippen LogP contribution in [-0.4, -0.2) is 29.8 Å². The van der Waals surface area contributed by atoms with Gasteiger partial charge in [-0.2, -0.15) is 18.3 Å². The molecule has 0 bridgehead atoms. The molecule has 6 nitrogen and oxygen atoms in total. The smallest absolute Gasteiger partial charge is 0.387 e. The molecule has 1 aromatic heterocycles. The fourth-order valence-corrected chi connectivity index (χ4v) is 2.84. The zero-order valence-electron chi connectivity index (χ0n) is 11.9. The van der Waals surface area contributed by atoms with Crippen LogP contribution in [0.4, 0.5) is 13.2 Å². The van der Waals surface area contributed by atoms with Crippen LogP contribution >= 0.6 is 0 Å². The third-order valence-corrected chi connectivity index (χ3v) is 4.46. The van der Waals surface area contributed by atoms with Crippen molar-refractivity contribution >= 4 is 10.0 Å². The molecule has 0 aliphatic heterocycles. The van der Waals surface area contributed by atoms with E-state index in [1.165, 1.54) is 10.9 Å². The molecule has 1 atom stereocenters. The predicted molar refractivity (Wildman–Crippen MR) is 74.8 cm³/mol. The van der Waals surface area contributed by atoms with Crippen molar-refractivity contribution in [2.24, 2.45) is 7.05 Å². The van der Waals surface area contributed by atoms with Gasteiger partial charge in [-0.15, -0.1) is 0 Å². The molecule has 0 aliphatic rings. The van der Waals surface area contributed by atoms with Crippen LogP contribution in [0.3, 0.4) is 0 Å². The van der Waals surface area contributed by atoms with Crippen LogP contribution in [0.15, 0.2) is 41.6 Å². The second kappa shape index (κ2) is 6.30.